The van der Waals surface area contributed by atoms with Crippen LogP contribution in [0.4, 0.5) is 0 Å². The topological polar surface area (TPSA) is 102 Å². The maximum Gasteiger partial charge on any atom is 0.338 e. The first-order chi connectivity index (χ1) is 20.4. The van der Waals surface area contributed by atoms with E-state index in [1.54, 1.807) is 36.4 Å². The van der Waals surface area contributed by atoms with Crippen LogP contribution in [0.5, 0.6) is 0 Å². The second kappa shape index (κ2) is 10.1. The van der Waals surface area contributed by atoms with E-state index < -0.39 is 29.1 Å². The van der Waals surface area contributed by atoms with E-state index in [0.29, 0.717) is 35.3 Å². The minimum Gasteiger partial charge on any atom is -0.458 e. The van der Waals surface area contributed by atoms with E-state index in [0.717, 1.165) is 42.1 Å². The van der Waals surface area contributed by atoms with E-state index in [1.165, 1.54) is 0 Å². The van der Waals surface area contributed by atoms with Crippen molar-refractivity contribution in [1.29, 1.82) is 0 Å². The number of aliphatic hydroxyl groups is 1. The van der Waals surface area contributed by atoms with E-state index in [-0.39, 0.29) is 41.8 Å². The molecule has 2 aliphatic heterocycles. The third-order valence-corrected chi connectivity index (χ3v) is 13.4. The molecule has 43 heavy (non-hydrogen) atoms. The molecule has 1 aromatic carbocycles. The first-order valence-corrected chi connectivity index (χ1v) is 16.6. The van der Waals surface area contributed by atoms with Gasteiger partial charge in [0, 0.05) is 10.9 Å². The van der Waals surface area contributed by atoms with Gasteiger partial charge in [0.25, 0.3) is 0 Å². The highest BCUT2D eigenvalue weighted by Gasteiger charge is 2.80. The van der Waals surface area contributed by atoms with Crippen LogP contribution in [0.25, 0.3) is 0 Å². The zero-order valence-electron chi connectivity index (χ0n) is 25.3. The minimum absolute atomic E-state index is 0.0650. The van der Waals surface area contributed by atoms with Crippen molar-refractivity contribution in [3.63, 3.8) is 0 Å². The van der Waals surface area contributed by atoms with Crippen LogP contribution in [-0.4, -0.2) is 53.3 Å². The Morgan fingerprint density at radius 2 is 1.88 bits per heavy atom. The lowest BCUT2D eigenvalue weighted by molar-refractivity contribution is -0.155. The predicted octanol–water partition coefficient (Wildman–Crippen LogP) is 5.98. The van der Waals surface area contributed by atoms with Gasteiger partial charge in [-0.1, -0.05) is 35.4 Å². The first kappa shape index (κ1) is 29.4. The molecule has 11 atom stereocenters. The number of hydrogen-bond acceptors (Lipinski definition) is 7. The molecule has 7 rings (SSSR count). The smallest absolute Gasteiger partial charge is 0.338 e. The molecule has 0 radical (unpaired) electrons. The van der Waals surface area contributed by atoms with Crippen LogP contribution in [-0.2, 0) is 23.8 Å². The summed E-state index contributed by atoms with van der Waals surface area (Å²) in [7, 11) is 0. The molecule has 2 heterocycles. The average Bonchev–Trinajstić information content (AvgIpc) is 3.61. The molecule has 4 fully saturated rings. The zero-order chi connectivity index (χ0) is 30.5. The number of halogens is 1. The molecular formula is C35H41BrO7. The minimum atomic E-state index is -0.747. The number of benzene rings is 1. The maximum absolute atomic E-state index is 13.4. The Morgan fingerprint density at radius 3 is 2.60 bits per heavy atom. The quantitative estimate of drug-likeness (QED) is 0.308. The SMILES string of the molecule is CC1=C(COC(=O)c2ccc(Br)cc2)C(=O)O[C@@H]([C@@H](C)[C@H]2CC[C@H]3[C@@H]4C[C@H]5O[C@]56[C@@H](O)C=CC(=O)[C@]6(C)[C@H]4CC[C@]23C)C1. The van der Waals surface area contributed by atoms with Crippen molar-refractivity contribution in [2.75, 3.05) is 6.61 Å². The molecule has 3 saturated carbocycles. The monoisotopic (exact) mass is 652 g/mol. The van der Waals surface area contributed by atoms with Gasteiger partial charge in [-0.05, 0) is 117 Å². The first-order valence-electron chi connectivity index (χ1n) is 15.8. The highest BCUT2D eigenvalue weighted by atomic mass is 79.9. The van der Waals surface area contributed by atoms with Gasteiger partial charge >= 0.3 is 11.9 Å². The summed E-state index contributed by atoms with van der Waals surface area (Å²) in [4.78, 5) is 39.2. The van der Waals surface area contributed by atoms with Crippen LogP contribution in [0, 0.1) is 40.4 Å². The Bertz CT molecular complexity index is 1430. The number of fused-ring (bicyclic) bond motifs is 4. The molecule has 0 aromatic heterocycles. The van der Waals surface area contributed by atoms with Crippen LogP contribution in [0.3, 0.4) is 0 Å². The summed E-state index contributed by atoms with van der Waals surface area (Å²) in [6, 6.07) is 6.92. The van der Waals surface area contributed by atoms with Crippen LogP contribution >= 0.6 is 15.9 Å². The Morgan fingerprint density at radius 1 is 1.14 bits per heavy atom. The Labute approximate surface area is 261 Å². The number of hydrogen-bond donors (Lipinski definition) is 1. The maximum atomic E-state index is 13.4. The van der Waals surface area contributed by atoms with E-state index in [1.807, 2.05) is 6.92 Å². The van der Waals surface area contributed by atoms with Crippen molar-refractivity contribution in [2.24, 2.45) is 40.4 Å². The molecule has 7 nitrogen and oxygen atoms in total. The molecule has 0 unspecified atom stereocenters. The fourth-order valence-corrected chi connectivity index (χ4v) is 10.7. The Balaban J connectivity index is 1.05. The van der Waals surface area contributed by atoms with Gasteiger partial charge in [0.2, 0.25) is 0 Å². The van der Waals surface area contributed by atoms with Gasteiger partial charge in [-0.2, -0.15) is 0 Å². The highest BCUT2D eigenvalue weighted by molar-refractivity contribution is 9.10. The second-order valence-corrected chi connectivity index (χ2v) is 15.4. The van der Waals surface area contributed by atoms with Crippen molar-refractivity contribution < 1.29 is 33.7 Å². The van der Waals surface area contributed by atoms with Crippen LogP contribution in [0.2, 0.25) is 0 Å². The van der Waals surface area contributed by atoms with Gasteiger partial charge < -0.3 is 19.3 Å². The van der Waals surface area contributed by atoms with Crippen LogP contribution < -0.4 is 0 Å². The molecule has 4 aliphatic carbocycles. The summed E-state index contributed by atoms with van der Waals surface area (Å²) in [5.74, 6) is 0.869. The third kappa shape index (κ3) is 4.15. The standard InChI is InChI=1S/C35H41BrO7/c1-18-15-27(42-32(40)23(18)17-41-31(39)20-5-7-21(36)8-6-20)19(2)24-9-10-25-22-16-30-35(43-30)29(38)12-11-28(37)34(35,4)26(22)13-14-33(24,25)3/h5-8,11-12,19,22,24-27,29-30,38H,9-10,13-17H2,1-4H3/t19-,22-,24+,25-,26-,27+,29-,30+,33+,34-,35+/m0/s1. The molecule has 1 aromatic rings. The number of carbonyl (C=O) groups is 3. The average molecular weight is 654 g/mol. The van der Waals surface area contributed by atoms with Gasteiger partial charge in [-0.15, -0.1) is 0 Å². The Kier molecular flexibility index (Phi) is 6.92. The summed E-state index contributed by atoms with van der Waals surface area (Å²) in [5, 5.41) is 10.9. The molecule has 230 valence electrons. The van der Waals surface area contributed by atoms with Gasteiger partial charge in [-0.25, -0.2) is 9.59 Å². The summed E-state index contributed by atoms with van der Waals surface area (Å²) >= 11 is 3.36. The number of epoxide rings is 1. The fraction of sp³-hybridized carbons (Fsp3) is 0.629. The largest absolute Gasteiger partial charge is 0.458 e. The van der Waals surface area contributed by atoms with Crippen molar-refractivity contribution in [1.82, 2.24) is 0 Å². The normalized spacial score (nSPS) is 43.6. The second-order valence-electron chi connectivity index (χ2n) is 14.5. The molecule has 6 aliphatic rings. The molecule has 1 N–H and O–H groups in total. The number of esters is 2. The van der Waals surface area contributed by atoms with Crippen molar-refractivity contribution in [3.8, 4) is 0 Å². The van der Waals surface area contributed by atoms with Crippen molar-refractivity contribution >= 4 is 33.7 Å². The van der Waals surface area contributed by atoms with E-state index >= 15 is 0 Å². The van der Waals surface area contributed by atoms with Gasteiger partial charge in [0.05, 0.1) is 22.7 Å². The van der Waals surface area contributed by atoms with Crippen LogP contribution in [0.1, 0.15) is 76.6 Å². The van der Waals surface area contributed by atoms with Gasteiger partial charge in [0.15, 0.2) is 5.78 Å². The number of ether oxygens (including phenoxy) is 3. The molecule has 0 amide bonds. The van der Waals surface area contributed by atoms with Crippen molar-refractivity contribution in [3.05, 3.63) is 57.6 Å². The van der Waals surface area contributed by atoms with E-state index in [2.05, 4.69) is 36.7 Å². The number of carbonyl (C=O) groups excluding carboxylic acids is 3. The Hall–Kier alpha value is -2.29. The van der Waals surface area contributed by atoms with Gasteiger partial charge in [-0.3, -0.25) is 4.79 Å². The van der Waals surface area contributed by atoms with Crippen LogP contribution in [0.15, 0.2) is 52.0 Å². The molecule has 1 saturated heterocycles. The lowest BCUT2D eigenvalue weighted by Crippen LogP contribution is -2.63. The third-order valence-electron chi connectivity index (χ3n) is 12.9. The number of allylic oxidation sites excluding steroid dienone is 1. The number of aliphatic hydroxyl groups excluding tert-OH is 1. The molecule has 0 bridgehead atoms. The number of cyclic esters (lactones) is 1. The summed E-state index contributed by atoms with van der Waals surface area (Å²) in [6.07, 6.45) is 7.88. The van der Waals surface area contributed by atoms with E-state index in [9.17, 15) is 19.5 Å². The van der Waals surface area contributed by atoms with Crippen molar-refractivity contribution in [2.45, 2.75) is 90.1 Å². The lowest BCUT2D eigenvalue weighted by Gasteiger charge is -2.58. The predicted molar refractivity (Wildman–Crippen MR) is 162 cm³/mol. The molecule has 8 heteroatoms. The fourth-order valence-electron chi connectivity index (χ4n) is 10.5. The number of rotatable bonds is 5. The summed E-state index contributed by atoms with van der Waals surface area (Å²) < 4.78 is 18.7. The number of ketones is 1. The molecule has 1 spiro atoms. The summed E-state index contributed by atoms with van der Waals surface area (Å²) in [6.45, 7) is 8.57. The lowest BCUT2D eigenvalue weighted by atomic mass is 9.44. The zero-order valence-corrected chi connectivity index (χ0v) is 26.9. The molecular weight excluding hydrogens is 612 g/mol. The highest BCUT2D eigenvalue weighted by Crippen LogP contribution is 2.73. The van der Waals surface area contributed by atoms with Gasteiger partial charge in [0.1, 0.15) is 24.4 Å². The van der Waals surface area contributed by atoms with E-state index in [4.69, 9.17) is 14.2 Å². The summed E-state index contributed by atoms with van der Waals surface area (Å²) in [5.41, 5.74) is 0.443.